The van der Waals surface area contributed by atoms with E-state index in [-0.39, 0.29) is 12.6 Å². The lowest BCUT2D eigenvalue weighted by Crippen LogP contribution is -2.11. The van der Waals surface area contributed by atoms with Crippen molar-refractivity contribution in [2.24, 2.45) is 5.18 Å². The highest BCUT2D eigenvalue weighted by atomic mass is 16.3. The molecule has 1 atom stereocenters. The number of unbranched alkanes of at least 4 members (excludes halogenated alkanes) is 2. The first-order valence-electron chi connectivity index (χ1n) is 6.32. The van der Waals surface area contributed by atoms with Gasteiger partial charge in [0.25, 0.3) is 0 Å². The van der Waals surface area contributed by atoms with Gasteiger partial charge in [0.1, 0.15) is 6.54 Å². The normalized spacial score (nSPS) is 12.4. The van der Waals surface area contributed by atoms with E-state index in [1.165, 1.54) is 6.42 Å². The van der Waals surface area contributed by atoms with E-state index < -0.39 is 0 Å². The van der Waals surface area contributed by atoms with Crippen molar-refractivity contribution in [3.8, 4) is 0 Å². The lowest BCUT2D eigenvalue weighted by atomic mass is 9.99. The van der Waals surface area contributed by atoms with Gasteiger partial charge in [-0.05, 0) is 24.0 Å². The third kappa shape index (κ3) is 5.09. The van der Waals surface area contributed by atoms with Crippen LogP contribution in [0, 0.1) is 4.91 Å². The second-order valence-corrected chi connectivity index (χ2v) is 4.41. The molecule has 1 aromatic rings. The molecule has 0 bridgehead atoms. The third-order valence-corrected chi connectivity index (χ3v) is 2.95. The SMILES string of the molecule is CCCCCC(O)Cc1ccccc1CN=O. The highest BCUT2D eigenvalue weighted by molar-refractivity contribution is 5.27. The maximum Gasteiger partial charge on any atom is 0.106 e. The Bertz CT molecular complexity index is 339. The fourth-order valence-corrected chi connectivity index (χ4v) is 1.97. The van der Waals surface area contributed by atoms with Gasteiger partial charge >= 0.3 is 0 Å². The summed E-state index contributed by atoms with van der Waals surface area (Å²) in [6.07, 6.45) is 4.53. The van der Waals surface area contributed by atoms with Crippen molar-refractivity contribution >= 4 is 0 Å². The van der Waals surface area contributed by atoms with E-state index in [2.05, 4.69) is 12.1 Å². The molecule has 1 N–H and O–H groups in total. The predicted molar refractivity (Wildman–Crippen MR) is 69.8 cm³/mol. The molecule has 17 heavy (non-hydrogen) atoms. The van der Waals surface area contributed by atoms with Crippen molar-refractivity contribution in [1.29, 1.82) is 0 Å². The van der Waals surface area contributed by atoms with Gasteiger partial charge in [-0.15, -0.1) is 0 Å². The van der Waals surface area contributed by atoms with Crippen LogP contribution in [0.25, 0.3) is 0 Å². The smallest absolute Gasteiger partial charge is 0.106 e. The zero-order chi connectivity index (χ0) is 12.5. The maximum absolute atomic E-state index is 10.3. The van der Waals surface area contributed by atoms with Crippen LogP contribution in [0.1, 0.15) is 43.7 Å². The molecule has 0 aromatic heterocycles. The van der Waals surface area contributed by atoms with Crippen LogP contribution in [-0.2, 0) is 13.0 Å². The lowest BCUT2D eigenvalue weighted by Gasteiger charge is -2.12. The number of nitrogens with zero attached hydrogens (tertiary/aromatic N) is 1. The van der Waals surface area contributed by atoms with E-state index >= 15 is 0 Å². The van der Waals surface area contributed by atoms with Gasteiger partial charge in [0, 0.05) is 0 Å². The summed E-state index contributed by atoms with van der Waals surface area (Å²) in [5, 5.41) is 12.8. The molecule has 0 amide bonds. The topological polar surface area (TPSA) is 49.7 Å². The van der Waals surface area contributed by atoms with Crippen LogP contribution in [-0.4, -0.2) is 11.2 Å². The van der Waals surface area contributed by atoms with Gasteiger partial charge in [0.15, 0.2) is 0 Å². The quantitative estimate of drug-likeness (QED) is 0.554. The minimum absolute atomic E-state index is 0.192. The molecule has 1 aromatic carbocycles. The summed E-state index contributed by atoms with van der Waals surface area (Å²) in [7, 11) is 0. The fraction of sp³-hybridized carbons (Fsp3) is 0.571. The van der Waals surface area contributed by atoms with Crippen LogP contribution in [0.15, 0.2) is 29.4 Å². The van der Waals surface area contributed by atoms with E-state index in [1.807, 2.05) is 24.3 Å². The van der Waals surface area contributed by atoms with Gasteiger partial charge in [0.05, 0.1) is 6.10 Å². The van der Waals surface area contributed by atoms with E-state index in [9.17, 15) is 10.0 Å². The molecule has 0 saturated carbocycles. The number of aliphatic hydroxyl groups is 1. The van der Waals surface area contributed by atoms with Gasteiger partial charge in [0.2, 0.25) is 0 Å². The van der Waals surface area contributed by atoms with E-state index in [0.717, 1.165) is 30.4 Å². The molecule has 0 aliphatic rings. The first kappa shape index (κ1) is 13.8. The molecule has 0 heterocycles. The number of hydrogen-bond donors (Lipinski definition) is 1. The molecule has 94 valence electrons. The highest BCUT2D eigenvalue weighted by Crippen LogP contribution is 2.15. The Morgan fingerprint density at radius 2 is 1.94 bits per heavy atom. The third-order valence-electron chi connectivity index (χ3n) is 2.95. The Kier molecular flexibility index (Phi) is 6.48. The molecule has 0 aliphatic heterocycles. The van der Waals surface area contributed by atoms with Crippen LogP contribution in [0.4, 0.5) is 0 Å². The van der Waals surface area contributed by atoms with Crippen LogP contribution in [0.5, 0.6) is 0 Å². The monoisotopic (exact) mass is 235 g/mol. The minimum atomic E-state index is -0.311. The summed E-state index contributed by atoms with van der Waals surface area (Å²) in [6.45, 7) is 2.34. The molecule has 0 spiro atoms. The van der Waals surface area contributed by atoms with Crippen molar-refractivity contribution in [3.05, 3.63) is 40.3 Å². The Morgan fingerprint density at radius 3 is 2.59 bits per heavy atom. The average Bonchev–Trinajstić information content (AvgIpc) is 2.32. The molecule has 1 rings (SSSR count). The van der Waals surface area contributed by atoms with Crippen LogP contribution >= 0.6 is 0 Å². The molecular weight excluding hydrogens is 214 g/mol. The van der Waals surface area contributed by atoms with Gasteiger partial charge in [-0.25, -0.2) is 0 Å². The fourth-order valence-electron chi connectivity index (χ4n) is 1.97. The Morgan fingerprint density at radius 1 is 1.24 bits per heavy atom. The average molecular weight is 235 g/mol. The number of nitroso groups, excluding NO2 is 1. The first-order chi connectivity index (χ1) is 8.27. The molecule has 3 nitrogen and oxygen atoms in total. The van der Waals surface area contributed by atoms with Crippen molar-refractivity contribution in [1.82, 2.24) is 0 Å². The zero-order valence-corrected chi connectivity index (χ0v) is 10.4. The molecule has 0 saturated heterocycles. The number of benzene rings is 1. The molecular formula is C14H21NO2. The van der Waals surface area contributed by atoms with Crippen LogP contribution in [0.2, 0.25) is 0 Å². The second-order valence-electron chi connectivity index (χ2n) is 4.41. The Hall–Kier alpha value is -1.22. The minimum Gasteiger partial charge on any atom is -0.393 e. The largest absolute Gasteiger partial charge is 0.393 e. The van der Waals surface area contributed by atoms with Gasteiger partial charge in [-0.2, -0.15) is 4.91 Å². The van der Waals surface area contributed by atoms with E-state index in [4.69, 9.17) is 0 Å². The second kappa shape index (κ2) is 7.96. The number of aliphatic hydroxyl groups excluding tert-OH is 1. The summed E-state index contributed by atoms with van der Waals surface area (Å²) in [5.41, 5.74) is 1.97. The summed E-state index contributed by atoms with van der Waals surface area (Å²) < 4.78 is 0. The molecule has 0 radical (unpaired) electrons. The highest BCUT2D eigenvalue weighted by Gasteiger charge is 2.08. The van der Waals surface area contributed by atoms with Gasteiger partial charge in [-0.3, -0.25) is 0 Å². The first-order valence-corrected chi connectivity index (χ1v) is 6.32. The summed E-state index contributed by atoms with van der Waals surface area (Å²) in [5.74, 6) is 0. The maximum atomic E-state index is 10.3. The lowest BCUT2D eigenvalue weighted by molar-refractivity contribution is 0.161. The Labute approximate surface area is 103 Å². The molecule has 0 fully saturated rings. The van der Waals surface area contributed by atoms with Crippen molar-refractivity contribution in [2.45, 2.75) is 51.7 Å². The standard InChI is InChI=1S/C14H21NO2/c1-2-3-4-9-14(16)10-12-7-5-6-8-13(12)11-15-17/h5-8,14,16H,2-4,9-11H2,1H3. The predicted octanol–water partition coefficient (Wildman–Crippen LogP) is 3.44. The van der Waals surface area contributed by atoms with Crippen molar-refractivity contribution in [2.75, 3.05) is 0 Å². The summed E-state index contributed by atoms with van der Waals surface area (Å²) >= 11 is 0. The number of rotatable bonds is 8. The van der Waals surface area contributed by atoms with E-state index in [0.29, 0.717) is 6.42 Å². The van der Waals surface area contributed by atoms with Crippen LogP contribution in [0.3, 0.4) is 0 Å². The molecule has 0 aliphatic carbocycles. The zero-order valence-electron chi connectivity index (χ0n) is 10.4. The van der Waals surface area contributed by atoms with Gasteiger partial charge < -0.3 is 5.11 Å². The van der Waals surface area contributed by atoms with Crippen LogP contribution < -0.4 is 0 Å². The molecule has 1 unspecified atom stereocenters. The summed E-state index contributed by atoms with van der Waals surface area (Å²) in [4.78, 5) is 10.3. The Balaban J connectivity index is 2.51. The summed E-state index contributed by atoms with van der Waals surface area (Å²) in [6, 6.07) is 7.69. The van der Waals surface area contributed by atoms with Crippen molar-refractivity contribution < 1.29 is 5.11 Å². The number of hydrogen-bond acceptors (Lipinski definition) is 3. The van der Waals surface area contributed by atoms with Gasteiger partial charge in [-0.1, -0.05) is 55.6 Å². The van der Waals surface area contributed by atoms with E-state index in [1.54, 1.807) is 0 Å². The molecule has 3 heteroatoms. The van der Waals surface area contributed by atoms with Crippen molar-refractivity contribution in [3.63, 3.8) is 0 Å².